The van der Waals surface area contributed by atoms with Crippen LogP contribution in [0.4, 0.5) is 0 Å². The SMILES string of the molecule is CC(=O)OCC(=O)N1N=C(c2ccc(C)cc2)C[C@H]1c1ccco1. The minimum absolute atomic E-state index is 0.334. The van der Waals surface area contributed by atoms with Gasteiger partial charge in [0.05, 0.1) is 12.0 Å². The van der Waals surface area contributed by atoms with E-state index >= 15 is 0 Å². The van der Waals surface area contributed by atoms with Crippen molar-refractivity contribution in [2.24, 2.45) is 5.10 Å². The fraction of sp³-hybridized carbons (Fsp3) is 0.278. The van der Waals surface area contributed by atoms with E-state index in [0.29, 0.717) is 12.2 Å². The standard InChI is InChI=1S/C18H18N2O4/c1-12-5-7-14(8-6-12)15-10-16(17-4-3-9-23-17)20(19-15)18(22)11-24-13(2)21/h3-9,16H,10-11H2,1-2H3/t16-/m0/s1. The van der Waals surface area contributed by atoms with Gasteiger partial charge in [0, 0.05) is 13.3 Å². The van der Waals surface area contributed by atoms with Crippen molar-refractivity contribution in [3.8, 4) is 0 Å². The summed E-state index contributed by atoms with van der Waals surface area (Å²) < 4.78 is 10.3. The lowest BCUT2D eigenvalue weighted by atomic mass is 10.0. The first kappa shape index (κ1) is 16.0. The number of furan rings is 1. The third kappa shape index (κ3) is 3.37. The molecule has 0 spiro atoms. The van der Waals surface area contributed by atoms with Crippen molar-refractivity contribution in [1.82, 2.24) is 5.01 Å². The van der Waals surface area contributed by atoms with Gasteiger partial charge in [-0.25, -0.2) is 5.01 Å². The van der Waals surface area contributed by atoms with Gasteiger partial charge in [0.1, 0.15) is 11.8 Å². The molecule has 24 heavy (non-hydrogen) atoms. The largest absolute Gasteiger partial charge is 0.467 e. The molecule has 0 unspecified atom stereocenters. The van der Waals surface area contributed by atoms with E-state index in [9.17, 15) is 9.59 Å². The summed E-state index contributed by atoms with van der Waals surface area (Å²) in [5.74, 6) is -0.231. The molecule has 6 nitrogen and oxygen atoms in total. The Hall–Kier alpha value is -2.89. The smallest absolute Gasteiger partial charge is 0.303 e. The first-order valence-electron chi connectivity index (χ1n) is 7.68. The molecule has 2 heterocycles. The predicted molar refractivity (Wildman–Crippen MR) is 87.3 cm³/mol. The van der Waals surface area contributed by atoms with Gasteiger partial charge in [-0.2, -0.15) is 5.10 Å². The van der Waals surface area contributed by atoms with Gasteiger partial charge in [-0.05, 0) is 24.6 Å². The zero-order valence-corrected chi connectivity index (χ0v) is 13.6. The number of aryl methyl sites for hydroxylation is 1. The molecule has 0 radical (unpaired) electrons. The molecule has 1 aromatic heterocycles. The lowest BCUT2D eigenvalue weighted by Gasteiger charge is -2.19. The first-order valence-corrected chi connectivity index (χ1v) is 7.68. The molecule has 6 heteroatoms. The second-order valence-electron chi connectivity index (χ2n) is 5.67. The summed E-state index contributed by atoms with van der Waals surface area (Å²) in [6.45, 7) is 2.94. The highest BCUT2D eigenvalue weighted by Gasteiger charge is 2.35. The molecule has 124 valence electrons. The van der Waals surface area contributed by atoms with Crippen LogP contribution in [0.15, 0.2) is 52.2 Å². The number of amides is 1. The van der Waals surface area contributed by atoms with E-state index in [1.165, 1.54) is 11.9 Å². The van der Waals surface area contributed by atoms with Crippen molar-refractivity contribution >= 4 is 17.6 Å². The van der Waals surface area contributed by atoms with E-state index in [1.54, 1.807) is 12.3 Å². The Balaban J connectivity index is 1.86. The van der Waals surface area contributed by atoms with Crippen LogP contribution in [0.5, 0.6) is 0 Å². The molecule has 3 rings (SSSR count). The average Bonchev–Trinajstić information content (AvgIpc) is 3.22. The van der Waals surface area contributed by atoms with Gasteiger partial charge in [0.25, 0.3) is 5.91 Å². The zero-order valence-electron chi connectivity index (χ0n) is 13.6. The number of nitrogens with zero attached hydrogens (tertiary/aromatic N) is 2. The van der Waals surface area contributed by atoms with Crippen LogP contribution in [0.1, 0.15) is 36.3 Å². The maximum Gasteiger partial charge on any atom is 0.303 e. The van der Waals surface area contributed by atoms with Crippen LogP contribution in [0.25, 0.3) is 0 Å². The summed E-state index contributed by atoms with van der Waals surface area (Å²) in [7, 11) is 0. The van der Waals surface area contributed by atoms with Crippen molar-refractivity contribution in [3.63, 3.8) is 0 Å². The van der Waals surface area contributed by atoms with Crippen LogP contribution in [0.3, 0.4) is 0 Å². The molecular formula is C18H18N2O4. The van der Waals surface area contributed by atoms with Gasteiger partial charge in [-0.15, -0.1) is 0 Å². The molecule has 1 aliphatic rings. The summed E-state index contributed by atoms with van der Waals surface area (Å²) >= 11 is 0. The lowest BCUT2D eigenvalue weighted by molar-refractivity contribution is -0.151. The Morgan fingerprint density at radius 2 is 2.04 bits per heavy atom. The molecular weight excluding hydrogens is 308 g/mol. The highest BCUT2D eigenvalue weighted by atomic mass is 16.5. The Morgan fingerprint density at radius 1 is 1.29 bits per heavy atom. The van der Waals surface area contributed by atoms with Crippen LogP contribution in [-0.4, -0.2) is 29.2 Å². The average molecular weight is 326 g/mol. The van der Waals surface area contributed by atoms with Crippen LogP contribution in [0.2, 0.25) is 0 Å². The number of ether oxygens (including phenoxy) is 1. The molecule has 1 atom stereocenters. The Bertz CT molecular complexity index is 763. The lowest BCUT2D eigenvalue weighted by Crippen LogP contribution is -2.30. The molecule has 1 amide bonds. The second kappa shape index (κ2) is 6.70. The number of hydrogen-bond donors (Lipinski definition) is 0. The van der Waals surface area contributed by atoms with Gasteiger partial charge in [-0.3, -0.25) is 9.59 Å². The summed E-state index contributed by atoms with van der Waals surface area (Å²) in [5.41, 5.74) is 2.91. The number of esters is 1. The maximum absolute atomic E-state index is 12.4. The fourth-order valence-electron chi connectivity index (χ4n) is 2.59. The van der Waals surface area contributed by atoms with Gasteiger partial charge < -0.3 is 9.15 Å². The maximum atomic E-state index is 12.4. The third-order valence-corrected chi connectivity index (χ3v) is 3.82. The molecule has 0 bridgehead atoms. The monoisotopic (exact) mass is 326 g/mol. The van der Waals surface area contributed by atoms with Crippen LogP contribution in [-0.2, 0) is 14.3 Å². The van der Waals surface area contributed by atoms with Gasteiger partial charge in [0.2, 0.25) is 0 Å². The Kier molecular flexibility index (Phi) is 4.46. The first-order chi connectivity index (χ1) is 11.5. The molecule has 0 aliphatic carbocycles. The molecule has 0 fully saturated rings. The van der Waals surface area contributed by atoms with E-state index in [4.69, 9.17) is 9.15 Å². The molecule has 1 aliphatic heterocycles. The normalized spacial score (nSPS) is 16.8. The minimum atomic E-state index is -0.500. The molecule has 2 aromatic rings. The van der Waals surface area contributed by atoms with Crippen molar-refractivity contribution in [2.75, 3.05) is 6.61 Å². The van der Waals surface area contributed by atoms with E-state index in [0.717, 1.165) is 16.8 Å². The van der Waals surface area contributed by atoms with E-state index in [-0.39, 0.29) is 18.6 Å². The predicted octanol–water partition coefficient (Wildman–Crippen LogP) is 2.83. The second-order valence-corrected chi connectivity index (χ2v) is 5.67. The fourth-order valence-corrected chi connectivity index (χ4v) is 2.59. The molecule has 0 saturated heterocycles. The summed E-state index contributed by atoms with van der Waals surface area (Å²) in [6, 6.07) is 11.2. The van der Waals surface area contributed by atoms with Gasteiger partial charge in [0.15, 0.2) is 6.61 Å². The molecule has 1 aromatic carbocycles. The summed E-state index contributed by atoms with van der Waals surface area (Å²) in [4.78, 5) is 23.3. The zero-order chi connectivity index (χ0) is 17.1. The number of carbonyl (C=O) groups is 2. The quantitative estimate of drug-likeness (QED) is 0.810. The van der Waals surface area contributed by atoms with Crippen LogP contribution < -0.4 is 0 Å². The highest BCUT2D eigenvalue weighted by Crippen LogP contribution is 2.33. The van der Waals surface area contributed by atoms with Crippen molar-refractivity contribution in [2.45, 2.75) is 26.3 Å². The molecule has 0 N–H and O–H groups in total. The number of benzene rings is 1. The topological polar surface area (TPSA) is 72.1 Å². The number of carbonyl (C=O) groups excluding carboxylic acids is 2. The van der Waals surface area contributed by atoms with E-state index < -0.39 is 5.97 Å². The van der Waals surface area contributed by atoms with Crippen LogP contribution >= 0.6 is 0 Å². The summed E-state index contributed by atoms with van der Waals surface area (Å²) in [6.07, 6.45) is 2.11. The van der Waals surface area contributed by atoms with E-state index in [1.807, 2.05) is 37.3 Å². The van der Waals surface area contributed by atoms with Crippen LogP contribution in [0, 0.1) is 6.92 Å². The number of rotatable bonds is 4. The number of hydrogen-bond acceptors (Lipinski definition) is 5. The Labute approximate surface area is 139 Å². The van der Waals surface area contributed by atoms with Crippen molar-refractivity contribution in [3.05, 3.63) is 59.5 Å². The molecule has 0 saturated carbocycles. The van der Waals surface area contributed by atoms with E-state index in [2.05, 4.69) is 5.10 Å². The Morgan fingerprint density at radius 3 is 2.67 bits per heavy atom. The van der Waals surface area contributed by atoms with Crippen molar-refractivity contribution < 1.29 is 18.7 Å². The minimum Gasteiger partial charge on any atom is -0.467 e. The van der Waals surface area contributed by atoms with Crippen molar-refractivity contribution in [1.29, 1.82) is 0 Å². The third-order valence-electron chi connectivity index (χ3n) is 3.82. The summed E-state index contributed by atoms with van der Waals surface area (Å²) in [5, 5.41) is 5.80. The van der Waals surface area contributed by atoms with Gasteiger partial charge in [-0.1, -0.05) is 29.8 Å². The van der Waals surface area contributed by atoms with Gasteiger partial charge >= 0.3 is 5.97 Å². The highest BCUT2D eigenvalue weighted by molar-refractivity contribution is 6.03. The number of hydrazone groups is 1.